The van der Waals surface area contributed by atoms with Crippen LogP contribution in [0.1, 0.15) is 52.9 Å². The molecule has 0 spiro atoms. The number of carboxylic acid groups (broad SMARTS) is 1. The van der Waals surface area contributed by atoms with E-state index < -0.39 is 11.9 Å². The van der Waals surface area contributed by atoms with Crippen LogP contribution >= 0.6 is 0 Å². The molecule has 2 N–H and O–H groups in total. The smallest absolute Gasteiger partial charge is 0.307 e. The summed E-state index contributed by atoms with van der Waals surface area (Å²) < 4.78 is 0. The zero-order chi connectivity index (χ0) is 13.1. The van der Waals surface area contributed by atoms with Crippen LogP contribution < -0.4 is 5.32 Å². The highest BCUT2D eigenvalue weighted by Crippen LogP contribution is 2.32. The molecule has 1 rings (SSSR count). The third-order valence-corrected chi connectivity index (χ3v) is 4.16. The molecule has 17 heavy (non-hydrogen) atoms. The van der Waals surface area contributed by atoms with Crippen molar-refractivity contribution in [3.8, 4) is 0 Å². The molecule has 4 heteroatoms. The van der Waals surface area contributed by atoms with E-state index in [1.807, 2.05) is 20.8 Å². The van der Waals surface area contributed by atoms with Crippen LogP contribution in [0.25, 0.3) is 0 Å². The number of amides is 1. The Bertz CT molecular complexity index is 297. The molecule has 1 saturated carbocycles. The Morgan fingerprint density at radius 3 is 2.24 bits per heavy atom. The number of carbonyl (C=O) groups is 2. The van der Waals surface area contributed by atoms with Gasteiger partial charge in [0.15, 0.2) is 0 Å². The van der Waals surface area contributed by atoms with E-state index in [0.717, 1.165) is 19.3 Å². The summed E-state index contributed by atoms with van der Waals surface area (Å²) in [5.74, 6) is -1.75. The molecule has 0 aromatic carbocycles. The fourth-order valence-electron chi connectivity index (χ4n) is 2.39. The van der Waals surface area contributed by atoms with Crippen molar-refractivity contribution in [2.75, 3.05) is 0 Å². The van der Waals surface area contributed by atoms with E-state index >= 15 is 0 Å². The zero-order valence-electron chi connectivity index (χ0n) is 11.0. The van der Waals surface area contributed by atoms with E-state index in [1.54, 1.807) is 0 Å². The van der Waals surface area contributed by atoms with E-state index in [4.69, 9.17) is 5.11 Å². The molecule has 1 amide bonds. The SMILES string of the molecule is CCC(C)(CC)NC(=O)[C@@H]1CCC[C@@H]1C(=O)O. The fourth-order valence-corrected chi connectivity index (χ4v) is 2.39. The monoisotopic (exact) mass is 241 g/mol. The van der Waals surface area contributed by atoms with Crippen LogP contribution in [0.3, 0.4) is 0 Å². The van der Waals surface area contributed by atoms with Gasteiger partial charge in [0.1, 0.15) is 0 Å². The molecule has 98 valence electrons. The lowest BCUT2D eigenvalue weighted by Crippen LogP contribution is -2.48. The zero-order valence-corrected chi connectivity index (χ0v) is 11.0. The Morgan fingerprint density at radius 1 is 1.24 bits per heavy atom. The molecule has 0 radical (unpaired) electrons. The molecule has 4 nitrogen and oxygen atoms in total. The predicted molar refractivity (Wildman–Crippen MR) is 65.6 cm³/mol. The quantitative estimate of drug-likeness (QED) is 0.775. The summed E-state index contributed by atoms with van der Waals surface area (Å²) in [4.78, 5) is 23.2. The number of carboxylic acids is 1. The summed E-state index contributed by atoms with van der Waals surface area (Å²) in [7, 11) is 0. The maximum absolute atomic E-state index is 12.1. The molecule has 0 aromatic rings. The molecule has 0 aliphatic heterocycles. The average Bonchev–Trinajstić information content (AvgIpc) is 2.77. The van der Waals surface area contributed by atoms with Crippen LogP contribution in [0.4, 0.5) is 0 Å². The number of carbonyl (C=O) groups excluding carboxylic acids is 1. The van der Waals surface area contributed by atoms with Gasteiger partial charge in [0.25, 0.3) is 0 Å². The highest BCUT2D eigenvalue weighted by Gasteiger charge is 2.39. The summed E-state index contributed by atoms with van der Waals surface area (Å²) in [5.41, 5.74) is -0.206. The molecule has 0 saturated heterocycles. The van der Waals surface area contributed by atoms with Crippen molar-refractivity contribution in [1.82, 2.24) is 5.32 Å². The summed E-state index contributed by atoms with van der Waals surface area (Å²) >= 11 is 0. The highest BCUT2D eigenvalue weighted by atomic mass is 16.4. The van der Waals surface area contributed by atoms with Gasteiger partial charge in [-0.2, -0.15) is 0 Å². The molecule has 1 fully saturated rings. The minimum Gasteiger partial charge on any atom is -0.481 e. The van der Waals surface area contributed by atoms with Gasteiger partial charge in [-0.1, -0.05) is 20.3 Å². The molecule has 0 bridgehead atoms. The standard InChI is InChI=1S/C13H23NO3/c1-4-13(3,5-2)14-11(15)9-7-6-8-10(9)12(16)17/h9-10H,4-8H2,1-3H3,(H,14,15)(H,16,17)/t9-,10+/m1/s1. The molecule has 0 heterocycles. The Balaban J connectivity index is 2.67. The third kappa shape index (κ3) is 3.20. The second-order valence-electron chi connectivity index (χ2n) is 5.24. The Morgan fingerprint density at radius 2 is 1.76 bits per heavy atom. The normalized spacial score (nSPS) is 24.6. The second kappa shape index (κ2) is 5.52. The first-order valence-corrected chi connectivity index (χ1v) is 6.48. The van der Waals surface area contributed by atoms with Crippen LogP contribution in [0.2, 0.25) is 0 Å². The van der Waals surface area contributed by atoms with Crippen LogP contribution in [0.15, 0.2) is 0 Å². The Labute approximate surface area is 103 Å². The summed E-state index contributed by atoms with van der Waals surface area (Å²) in [5, 5.41) is 12.1. The molecule has 2 atom stereocenters. The lowest BCUT2D eigenvalue weighted by Gasteiger charge is -2.30. The van der Waals surface area contributed by atoms with Crippen molar-refractivity contribution in [2.45, 2.75) is 58.4 Å². The van der Waals surface area contributed by atoms with E-state index in [2.05, 4.69) is 5.32 Å². The van der Waals surface area contributed by atoms with Crippen LogP contribution in [-0.2, 0) is 9.59 Å². The largest absolute Gasteiger partial charge is 0.481 e. The molecular weight excluding hydrogens is 218 g/mol. The van der Waals surface area contributed by atoms with Gasteiger partial charge >= 0.3 is 5.97 Å². The van der Waals surface area contributed by atoms with Gasteiger partial charge in [0, 0.05) is 5.54 Å². The van der Waals surface area contributed by atoms with Crippen molar-refractivity contribution < 1.29 is 14.7 Å². The van der Waals surface area contributed by atoms with Crippen molar-refractivity contribution in [3.05, 3.63) is 0 Å². The van der Waals surface area contributed by atoms with Crippen molar-refractivity contribution >= 4 is 11.9 Å². The van der Waals surface area contributed by atoms with Gasteiger partial charge in [-0.25, -0.2) is 0 Å². The maximum Gasteiger partial charge on any atom is 0.307 e. The predicted octanol–water partition coefficient (Wildman–Crippen LogP) is 2.18. The van der Waals surface area contributed by atoms with Gasteiger partial charge in [-0.15, -0.1) is 0 Å². The first kappa shape index (κ1) is 14.0. The number of hydrogen-bond acceptors (Lipinski definition) is 2. The minimum atomic E-state index is -0.836. The van der Waals surface area contributed by atoms with Gasteiger partial charge in [0.05, 0.1) is 11.8 Å². The average molecular weight is 241 g/mol. The maximum atomic E-state index is 12.1. The van der Waals surface area contributed by atoms with E-state index in [0.29, 0.717) is 12.8 Å². The van der Waals surface area contributed by atoms with Crippen molar-refractivity contribution in [3.63, 3.8) is 0 Å². The third-order valence-electron chi connectivity index (χ3n) is 4.16. The number of aliphatic carboxylic acids is 1. The van der Waals surface area contributed by atoms with Crippen LogP contribution in [-0.4, -0.2) is 22.5 Å². The number of nitrogens with one attached hydrogen (secondary N) is 1. The first-order valence-electron chi connectivity index (χ1n) is 6.48. The molecule has 0 unspecified atom stereocenters. The van der Waals surface area contributed by atoms with Gasteiger partial charge in [-0.05, 0) is 32.6 Å². The van der Waals surface area contributed by atoms with Crippen LogP contribution in [0, 0.1) is 11.8 Å². The molecule has 1 aliphatic rings. The highest BCUT2D eigenvalue weighted by molar-refractivity contribution is 5.85. The molecule has 0 aromatic heterocycles. The Hall–Kier alpha value is -1.06. The summed E-state index contributed by atoms with van der Waals surface area (Å²) in [6.07, 6.45) is 3.89. The number of hydrogen-bond donors (Lipinski definition) is 2. The van der Waals surface area contributed by atoms with E-state index in [9.17, 15) is 9.59 Å². The first-order chi connectivity index (χ1) is 7.93. The topological polar surface area (TPSA) is 66.4 Å². The van der Waals surface area contributed by atoms with E-state index in [-0.39, 0.29) is 17.4 Å². The van der Waals surface area contributed by atoms with Gasteiger partial charge in [-0.3, -0.25) is 9.59 Å². The summed E-state index contributed by atoms with van der Waals surface area (Å²) in [6.45, 7) is 6.08. The van der Waals surface area contributed by atoms with E-state index in [1.165, 1.54) is 0 Å². The number of rotatable bonds is 5. The lowest BCUT2D eigenvalue weighted by atomic mass is 9.91. The van der Waals surface area contributed by atoms with Gasteiger partial charge < -0.3 is 10.4 Å². The van der Waals surface area contributed by atoms with Gasteiger partial charge in [0.2, 0.25) is 5.91 Å². The lowest BCUT2D eigenvalue weighted by molar-refractivity contribution is -0.146. The Kier molecular flexibility index (Phi) is 4.54. The van der Waals surface area contributed by atoms with Crippen molar-refractivity contribution in [2.24, 2.45) is 11.8 Å². The molecule has 1 aliphatic carbocycles. The molecular formula is C13H23NO3. The minimum absolute atomic E-state index is 0.0823. The van der Waals surface area contributed by atoms with Crippen molar-refractivity contribution in [1.29, 1.82) is 0 Å². The second-order valence-corrected chi connectivity index (χ2v) is 5.24. The fraction of sp³-hybridized carbons (Fsp3) is 0.846. The van der Waals surface area contributed by atoms with Crippen LogP contribution in [0.5, 0.6) is 0 Å². The summed E-state index contributed by atoms with van der Waals surface area (Å²) in [6, 6.07) is 0.